The highest BCUT2D eigenvalue weighted by molar-refractivity contribution is 7.45. The van der Waals surface area contributed by atoms with E-state index in [9.17, 15) is 14.3 Å². The van der Waals surface area contributed by atoms with Crippen LogP contribution in [0.4, 0.5) is 0 Å². The van der Waals surface area contributed by atoms with Crippen LogP contribution in [0.15, 0.2) is 48.6 Å². The summed E-state index contributed by atoms with van der Waals surface area (Å²) in [6, 6.07) is 0. The van der Waals surface area contributed by atoms with Gasteiger partial charge in [0, 0.05) is 13.0 Å². The summed E-state index contributed by atoms with van der Waals surface area (Å²) in [6.07, 6.45) is 48.3. The Morgan fingerprint density at radius 2 is 1.04 bits per heavy atom. The molecule has 0 N–H and O–H groups in total. The molecule has 8 nitrogen and oxygen atoms in total. The number of rotatable bonds is 42. The molecular weight excluding hydrogens is 721 g/mol. The van der Waals surface area contributed by atoms with E-state index in [-0.39, 0.29) is 25.8 Å². The Morgan fingerprint density at radius 1 is 0.571 bits per heavy atom. The van der Waals surface area contributed by atoms with Crippen LogP contribution in [-0.2, 0) is 27.9 Å². The Bertz CT molecular complexity index is 1040. The lowest BCUT2D eigenvalue weighted by Gasteiger charge is -2.28. The largest absolute Gasteiger partial charge is 0.756 e. The van der Waals surface area contributed by atoms with Crippen molar-refractivity contribution < 1.29 is 37.3 Å². The molecule has 9 heteroatoms. The molecule has 0 aliphatic heterocycles. The molecule has 0 bridgehead atoms. The number of quaternary nitrogens is 1. The predicted molar refractivity (Wildman–Crippen MR) is 236 cm³/mol. The van der Waals surface area contributed by atoms with Crippen molar-refractivity contribution in [3.8, 4) is 0 Å². The first-order valence-electron chi connectivity index (χ1n) is 22.9. The van der Waals surface area contributed by atoms with Gasteiger partial charge in [-0.25, -0.2) is 0 Å². The highest BCUT2D eigenvalue weighted by Crippen LogP contribution is 2.38. The minimum absolute atomic E-state index is 0.0218. The summed E-state index contributed by atoms with van der Waals surface area (Å²) >= 11 is 0. The Labute approximate surface area is 346 Å². The van der Waals surface area contributed by atoms with Gasteiger partial charge in [-0.1, -0.05) is 159 Å². The van der Waals surface area contributed by atoms with E-state index >= 15 is 0 Å². The van der Waals surface area contributed by atoms with Crippen molar-refractivity contribution in [3.05, 3.63) is 48.6 Å². The molecule has 0 aromatic heterocycles. The SMILES string of the molecule is CC/C=C\C/C=C\C/C=C\CCCCCCCCCCOCC(COP(=O)([O-])OCC[N+](C)(C)C)OC(=O)CCCCCCC/C=C\CCCCCCCCC. The van der Waals surface area contributed by atoms with Crippen molar-refractivity contribution in [2.45, 2.75) is 193 Å². The molecule has 0 aliphatic carbocycles. The number of ether oxygens (including phenoxy) is 2. The fraction of sp³-hybridized carbons (Fsp3) is 0.809. The van der Waals surface area contributed by atoms with E-state index in [0.29, 0.717) is 24.1 Å². The van der Waals surface area contributed by atoms with E-state index in [4.69, 9.17) is 18.5 Å². The molecule has 0 aromatic rings. The molecule has 0 saturated carbocycles. The normalized spacial score (nSPS) is 14.2. The number of carbonyl (C=O) groups is 1. The van der Waals surface area contributed by atoms with Gasteiger partial charge in [0.25, 0.3) is 7.82 Å². The lowest BCUT2D eigenvalue weighted by molar-refractivity contribution is -0.870. The summed E-state index contributed by atoms with van der Waals surface area (Å²) in [4.78, 5) is 25.1. The zero-order chi connectivity index (χ0) is 41.3. The zero-order valence-electron chi connectivity index (χ0n) is 37.1. The Kier molecular flexibility index (Phi) is 39.1. The lowest BCUT2D eigenvalue weighted by atomic mass is 10.1. The first-order valence-corrected chi connectivity index (χ1v) is 24.3. The van der Waals surface area contributed by atoms with Crippen LogP contribution in [0, 0.1) is 0 Å². The number of phosphoric ester groups is 1. The fourth-order valence-corrected chi connectivity index (χ4v) is 6.81. The number of carbonyl (C=O) groups excluding carboxylic acids is 1. The van der Waals surface area contributed by atoms with Crippen molar-refractivity contribution in [1.82, 2.24) is 0 Å². The zero-order valence-corrected chi connectivity index (χ0v) is 38.0. The summed E-state index contributed by atoms with van der Waals surface area (Å²) < 4.78 is 34.6. The van der Waals surface area contributed by atoms with Gasteiger partial charge in [0.05, 0.1) is 34.4 Å². The number of likely N-dealkylation sites (N-methyl/N-ethyl adjacent to an activating group) is 1. The Morgan fingerprint density at radius 3 is 1.57 bits per heavy atom. The van der Waals surface area contributed by atoms with Crippen molar-refractivity contribution in [3.63, 3.8) is 0 Å². The van der Waals surface area contributed by atoms with Crippen LogP contribution in [0.3, 0.4) is 0 Å². The molecule has 0 saturated heterocycles. The van der Waals surface area contributed by atoms with Crippen LogP contribution in [0.5, 0.6) is 0 Å². The molecule has 2 atom stereocenters. The van der Waals surface area contributed by atoms with Gasteiger partial charge >= 0.3 is 5.97 Å². The van der Waals surface area contributed by atoms with E-state index in [0.717, 1.165) is 70.6 Å². The third-order valence-electron chi connectivity index (χ3n) is 9.61. The van der Waals surface area contributed by atoms with Crippen LogP contribution in [0.25, 0.3) is 0 Å². The molecule has 2 unspecified atom stereocenters. The fourth-order valence-electron chi connectivity index (χ4n) is 6.08. The van der Waals surface area contributed by atoms with Gasteiger partial charge in [0.15, 0.2) is 0 Å². The molecule has 0 amide bonds. The number of allylic oxidation sites excluding steroid dienone is 8. The van der Waals surface area contributed by atoms with Gasteiger partial charge in [0.2, 0.25) is 0 Å². The quantitative estimate of drug-likeness (QED) is 0.0199. The summed E-state index contributed by atoms with van der Waals surface area (Å²) in [5.74, 6) is -0.346. The maximum Gasteiger partial charge on any atom is 0.306 e. The van der Waals surface area contributed by atoms with Gasteiger partial charge in [-0.3, -0.25) is 9.36 Å². The first kappa shape index (κ1) is 54.5. The van der Waals surface area contributed by atoms with Gasteiger partial charge < -0.3 is 27.9 Å². The smallest absolute Gasteiger partial charge is 0.306 e. The summed E-state index contributed by atoms with van der Waals surface area (Å²) in [5.41, 5.74) is 0. The molecule has 0 fully saturated rings. The monoisotopic (exact) mass is 810 g/mol. The molecule has 0 radical (unpaired) electrons. The first-order chi connectivity index (χ1) is 27.1. The van der Waals surface area contributed by atoms with Crippen molar-refractivity contribution in [2.75, 3.05) is 54.1 Å². The minimum Gasteiger partial charge on any atom is -0.756 e. The number of esters is 1. The van der Waals surface area contributed by atoms with Crippen molar-refractivity contribution >= 4 is 13.8 Å². The van der Waals surface area contributed by atoms with Crippen LogP contribution < -0.4 is 4.89 Å². The second-order valence-corrected chi connectivity index (χ2v) is 17.8. The molecule has 0 aliphatic rings. The molecule has 56 heavy (non-hydrogen) atoms. The average Bonchev–Trinajstić information content (AvgIpc) is 3.15. The number of phosphoric acid groups is 1. The predicted octanol–water partition coefficient (Wildman–Crippen LogP) is 12.9. The van der Waals surface area contributed by atoms with Gasteiger partial charge in [-0.05, 0) is 70.6 Å². The molecule has 0 heterocycles. The molecular formula is C47H88NO7P. The summed E-state index contributed by atoms with van der Waals surface area (Å²) in [7, 11) is 1.34. The van der Waals surface area contributed by atoms with Crippen molar-refractivity contribution in [2.24, 2.45) is 0 Å². The molecule has 0 spiro atoms. The number of hydrogen-bond donors (Lipinski definition) is 0. The second kappa shape index (κ2) is 40.2. The van der Waals surface area contributed by atoms with Crippen LogP contribution in [0.1, 0.15) is 187 Å². The maximum absolute atomic E-state index is 12.7. The van der Waals surface area contributed by atoms with Crippen LogP contribution >= 0.6 is 7.82 Å². The molecule has 328 valence electrons. The highest BCUT2D eigenvalue weighted by atomic mass is 31.2. The number of hydrogen-bond acceptors (Lipinski definition) is 7. The van der Waals surface area contributed by atoms with Gasteiger partial charge in [-0.15, -0.1) is 0 Å². The Hall–Kier alpha value is -1.54. The maximum atomic E-state index is 12.7. The molecule has 0 rings (SSSR count). The average molecular weight is 810 g/mol. The van der Waals surface area contributed by atoms with Crippen molar-refractivity contribution in [1.29, 1.82) is 0 Å². The topological polar surface area (TPSA) is 94.1 Å². The van der Waals surface area contributed by atoms with E-state index < -0.39 is 13.9 Å². The summed E-state index contributed by atoms with van der Waals surface area (Å²) in [5, 5.41) is 0. The number of nitrogens with zero attached hydrogens (tertiary/aromatic N) is 1. The number of unbranched alkanes of at least 4 members (excludes halogenated alkanes) is 20. The molecule has 0 aromatic carbocycles. The van der Waals surface area contributed by atoms with E-state index in [1.807, 2.05) is 21.1 Å². The lowest BCUT2D eigenvalue weighted by Crippen LogP contribution is -2.37. The van der Waals surface area contributed by atoms with E-state index in [1.54, 1.807) is 0 Å². The van der Waals surface area contributed by atoms with E-state index in [1.165, 1.54) is 96.3 Å². The minimum atomic E-state index is -4.53. The van der Waals surface area contributed by atoms with Crippen LogP contribution in [-0.4, -0.2) is 70.7 Å². The standard InChI is InChI=1S/C47H88NO7P/c1-6-8-10-12-14-16-18-20-22-24-25-27-29-31-33-35-37-39-42-52-44-46(45-54-56(50,51)53-43-41-48(3,4)5)55-47(49)40-38-36-34-32-30-28-26-23-21-19-17-15-13-11-9-7-2/h8,10,14,16,20,22-23,26,46H,6-7,9,11-13,15,17-19,21,24-25,27-45H2,1-5H3/b10-8-,16-14-,22-20-,26-23-. The van der Waals surface area contributed by atoms with Gasteiger partial charge in [-0.2, -0.15) is 0 Å². The van der Waals surface area contributed by atoms with Crippen LogP contribution in [0.2, 0.25) is 0 Å². The second-order valence-electron chi connectivity index (χ2n) is 16.4. The Balaban J connectivity index is 4.23. The third kappa shape index (κ3) is 43.6. The summed E-state index contributed by atoms with van der Waals surface area (Å²) in [6.45, 7) is 5.28. The highest BCUT2D eigenvalue weighted by Gasteiger charge is 2.20. The third-order valence-corrected chi connectivity index (χ3v) is 10.6. The van der Waals surface area contributed by atoms with E-state index in [2.05, 4.69) is 62.5 Å². The van der Waals surface area contributed by atoms with Gasteiger partial charge in [0.1, 0.15) is 19.3 Å².